The maximum Gasteiger partial charge on any atom is 0.296 e. The summed E-state index contributed by atoms with van der Waals surface area (Å²) < 4.78 is 14.5. The van der Waals surface area contributed by atoms with Gasteiger partial charge in [-0.2, -0.15) is 14.6 Å². The van der Waals surface area contributed by atoms with Gasteiger partial charge in [-0.05, 0) is 41.5 Å². The zero-order valence-electron chi connectivity index (χ0n) is 14.0. The molecule has 9 heteroatoms. The van der Waals surface area contributed by atoms with Crippen molar-refractivity contribution in [3.8, 4) is 0 Å². The molecule has 0 unspecified atom stereocenters. The molecule has 2 heterocycles. The van der Waals surface area contributed by atoms with E-state index in [-0.39, 0.29) is 28.5 Å². The normalized spacial score (nSPS) is 12.0. The third kappa shape index (κ3) is 3.69. The smallest absolute Gasteiger partial charge is 0.266 e. The molecule has 0 atom stereocenters. The van der Waals surface area contributed by atoms with E-state index in [9.17, 15) is 14.0 Å². The zero-order valence-corrected chi connectivity index (χ0v) is 16.4. The van der Waals surface area contributed by atoms with Gasteiger partial charge in [-0.3, -0.25) is 9.59 Å². The molecule has 0 aliphatic carbocycles. The standard InChI is InChI=1S/C19H10Cl2FN3O2S/c20-13-6-3-11(7-14(13)21)9-16-18(27)25-19(28-16)23-17(26)15(24-25)8-10-1-4-12(22)5-2-10/h1-7,9H,8H2. The molecule has 4 aromatic rings. The van der Waals surface area contributed by atoms with Crippen molar-refractivity contribution in [2.75, 3.05) is 0 Å². The van der Waals surface area contributed by atoms with Crippen LogP contribution in [0.25, 0.3) is 11.0 Å². The first-order chi connectivity index (χ1) is 13.4. The minimum atomic E-state index is -0.522. The topological polar surface area (TPSA) is 64.3 Å². The number of rotatable bonds is 3. The molecule has 0 fully saturated rings. The second-order valence-corrected chi connectivity index (χ2v) is 7.77. The first-order valence-corrected chi connectivity index (χ1v) is 9.62. The third-order valence-electron chi connectivity index (χ3n) is 3.98. The van der Waals surface area contributed by atoms with Crippen LogP contribution in [-0.2, 0) is 6.42 Å². The summed E-state index contributed by atoms with van der Waals surface area (Å²) in [6, 6.07) is 10.7. The van der Waals surface area contributed by atoms with Crippen molar-refractivity contribution >= 4 is 45.6 Å². The van der Waals surface area contributed by atoms with E-state index in [0.717, 1.165) is 15.9 Å². The Morgan fingerprint density at radius 2 is 1.82 bits per heavy atom. The fourth-order valence-corrected chi connectivity index (χ4v) is 3.81. The number of fused-ring (bicyclic) bond motifs is 1. The highest BCUT2D eigenvalue weighted by molar-refractivity contribution is 7.15. The maximum absolute atomic E-state index is 13.0. The summed E-state index contributed by atoms with van der Waals surface area (Å²) in [4.78, 5) is 29.1. The Kier molecular flexibility index (Phi) is 4.97. The van der Waals surface area contributed by atoms with Crippen molar-refractivity contribution in [2.45, 2.75) is 6.42 Å². The molecule has 4 rings (SSSR count). The first-order valence-electron chi connectivity index (χ1n) is 8.05. The van der Waals surface area contributed by atoms with Crippen LogP contribution >= 0.6 is 34.5 Å². The molecule has 0 amide bonds. The Morgan fingerprint density at radius 3 is 2.54 bits per heavy atom. The van der Waals surface area contributed by atoms with E-state index in [0.29, 0.717) is 25.7 Å². The fraction of sp³-hybridized carbons (Fsp3) is 0.0526. The minimum Gasteiger partial charge on any atom is -0.266 e. The van der Waals surface area contributed by atoms with Crippen molar-refractivity contribution in [2.24, 2.45) is 0 Å². The van der Waals surface area contributed by atoms with Crippen LogP contribution in [0.2, 0.25) is 10.0 Å². The van der Waals surface area contributed by atoms with Gasteiger partial charge >= 0.3 is 0 Å². The molecule has 0 N–H and O–H groups in total. The van der Waals surface area contributed by atoms with E-state index in [1.165, 1.54) is 12.1 Å². The van der Waals surface area contributed by atoms with Crippen molar-refractivity contribution in [1.82, 2.24) is 14.6 Å². The van der Waals surface area contributed by atoms with Crippen LogP contribution in [0.4, 0.5) is 4.39 Å². The molecule has 140 valence electrons. The molecule has 2 aromatic heterocycles. The second-order valence-electron chi connectivity index (χ2n) is 5.95. The first kappa shape index (κ1) is 18.7. The molecule has 2 aromatic carbocycles. The van der Waals surface area contributed by atoms with Crippen molar-refractivity contribution in [1.29, 1.82) is 0 Å². The van der Waals surface area contributed by atoms with E-state index in [4.69, 9.17) is 23.2 Å². The lowest BCUT2D eigenvalue weighted by atomic mass is 10.1. The Morgan fingerprint density at radius 1 is 1.07 bits per heavy atom. The molecule has 0 saturated carbocycles. The monoisotopic (exact) mass is 433 g/mol. The molecule has 0 bridgehead atoms. The summed E-state index contributed by atoms with van der Waals surface area (Å²) in [5, 5.41) is 4.95. The summed E-state index contributed by atoms with van der Waals surface area (Å²) in [6.45, 7) is 0. The van der Waals surface area contributed by atoms with Gasteiger partial charge in [-0.1, -0.05) is 52.7 Å². The molecular weight excluding hydrogens is 424 g/mol. The molecule has 0 radical (unpaired) electrons. The van der Waals surface area contributed by atoms with Gasteiger partial charge in [0.1, 0.15) is 11.5 Å². The van der Waals surface area contributed by atoms with E-state index in [1.807, 2.05) is 0 Å². The summed E-state index contributed by atoms with van der Waals surface area (Å²) in [6.07, 6.45) is 1.78. The Hall–Kier alpha value is -2.61. The number of hydrogen-bond acceptors (Lipinski definition) is 5. The summed E-state index contributed by atoms with van der Waals surface area (Å²) >= 11 is 13.0. The molecule has 0 aliphatic rings. The SMILES string of the molecule is O=c1nc2sc(=Cc3ccc(Cl)c(Cl)c3)c(=O)n2nc1Cc1ccc(F)cc1. The lowest BCUT2D eigenvalue weighted by molar-refractivity contribution is 0.627. The van der Waals surface area contributed by atoms with E-state index >= 15 is 0 Å². The van der Waals surface area contributed by atoms with Gasteiger partial charge in [-0.15, -0.1) is 0 Å². The number of hydrogen-bond donors (Lipinski definition) is 0. The van der Waals surface area contributed by atoms with Gasteiger partial charge in [0.25, 0.3) is 11.1 Å². The number of benzene rings is 2. The summed E-state index contributed by atoms with van der Waals surface area (Å²) in [5.74, 6) is -0.371. The minimum absolute atomic E-state index is 0.111. The predicted octanol–water partition coefficient (Wildman–Crippen LogP) is 3.10. The second kappa shape index (κ2) is 7.43. The van der Waals surface area contributed by atoms with Crippen LogP contribution in [0.15, 0.2) is 52.1 Å². The lowest BCUT2D eigenvalue weighted by Gasteiger charge is -2.00. The molecular formula is C19H10Cl2FN3O2S. The average molecular weight is 434 g/mol. The van der Waals surface area contributed by atoms with Crippen LogP contribution in [0.5, 0.6) is 0 Å². The van der Waals surface area contributed by atoms with Gasteiger partial charge in [0.15, 0.2) is 0 Å². The van der Waals surface area contributed by atoms with Crippen LogP contribution in [0, 0.1) is 5.82 Å². The van der Waals surface area contributed by atoms with Crippen LogP contribution in [0.1, 0.15) is 16.8 Å². The fourth-order valence-electron chi connectivity index (χ4n) is 2.60. The average Bonchev–Trinajstić information content (AvgIpc) is 2.95. The van der Waals surface area contributed by atoms with E-state index in [1.54, 1.807) is 36.4 Å². The molecule has 5 nitrogen and oxygen atoms in total. The highest BCUT2D eigenvalue weighted by atomic mass is 35.5. The molecule has 0 aliphatic heterocycles. The zero-order chi connectivity index (χ0) is 19.8. The molecule has 28 heavy (non-hydrogen) atoms. The van der Waals surface area contributed by atoms with Gasteiger partial charge < -0.3 is 0 Å². The van der Waals surface area contributed by atoms with Crippen molar-refractivity contribution in [3.63, 3.8) is 0 Å². The third-order valence-corrected chi connectivity index (χ3v) is 5.67. The quantitative estimate of drug-likeness (QED) is 0.497. The maximum atomic E-state index is 13.0. The van der Waals surface area contributed by atoms with E-state index in [2.05, 4.69) is 10.1 Å². The van der Waals surface area contributed by atoms with Crippen LogP contribution in [-0.4, -0.2) is 14.6 Å². The highest BCUT2D eigenvalue weighted by Gasteiger charge is 2.12. The Balaban J connectivity index is 1.79. The van der Waals surface area contributed by atoms with Crippen molar-refractivity contribution in [3.05, 3.63) is 100 Å². The van der Waals surface area contributed by atoms with Crippen LogP contribution < -0.4 is 15.7 Å². The van der Waals surface area contributed by atoms with E-state index < -0.39 is 5.56 Å². The lowest BCUT2D eigenvalue weighted by Crippen LogP contribution is -2.28. The van der Waals surface area contributed by atoms with Crippen LogP contribution in [0.3, 0.4) is 0 Å². The van der Waals surface area contributed by atoms with Gasteiger partial charge in [0, 0.05) is 6.42 Å². The van der Waals surface area contributed by atoms with Gasteiger partial charge in [-0.25, -0.2) is 4.39 Å². The van der Waals surface area contributed by atoms with Gasteiger partial charge in [0.05, 0.1) is 14.6 Å². The van der Waals surface area contributed by atoms with Crippen molar-refractivity contribution < 1.29 is 4.39 Å². The number of aromatic nitrogens is 3. The van der Waals surface area contributed by atoms with Gasteiger partial charge in [0.2, 0.25) is 4.96 Å². The predicted molar refractivity (Wildman–Crippen MR) is 108 cm³/mol. The number of halogens is 3. The summed E-state index contributed by atoms with van der Waals surface area (Å²) in [5.41, 5.74) is 0.580. The molecule has 0 saturated heterocycles. The highest BCUT2D eigenvalue weighted by Crippen LogP contribution is 2.22. The number of thiazole rings is 1. The Labute approximate surface area is 171 Å². The summed E-state index contributed by atoms with van der Waals surface area (Å²) in [7, 11) is 0. The molecule has 0 spiro atoms. The number of nitrogens with zero attached hydrogens (tertiary/aromatic N) is 3. The Bertz CT molecular complexity index is 1370. The largest absolute Gasteiger partial charge is 0.296 e.